The lowest BCUT2D eigenvalue weighted by molar-refractivity contribution is -0.0904. The summed E-state index contributed by atoms with van der Waals surface area (Å²) in [6.07, 6.45) is 1.17. The third-order valence-electron chi connectivity index (χ3n) is 0.459. The van der Waals surface area contributed by atoms with Crippen LogP contribution in [0.2, 0.25) is 0 Å². The van der Waals surface area contributed by atoms with Crippen LogP contribution in [-0.4, -0.2) is 18.1 Å². The van der Waals surface area contributed by atoms with Crippen LogP contribution in [0.4, 0.5) is 0 Å². The maximum Gasteiger partial charge on any atom is 0.153 e. The Morgan fingerprint density at radius 3 is 2.88 bits per heavy atom. The van der Waals surface area contributed by atoms with E-state index in [0.717, 1.165) is 5.17 Å². The van der Waals surface area contributed by atoms with E-state index in [2.05, 4.69) is 9.94 Å². The topological polar surface area (TPSA) is 76.9 Å². The van der Waals surface area contributed by atoms with Crippen molar-refractivity contribution in [3.8, 4) is 0 Å². The van der Waals surface area contributed by atoms with Crippen LogP contribution in [0.5, 0.6) is 0 Å². The van der Waals surface area contributed by atoms with Gasteiger partial charge >= 0.3 is 0 Å². The Balaban J connectivity index is 3.17. The monoisotopic (exact) mass is 118 g/mol. The summed E-state index contributed by atoms with van der Waals surface area (Å²) in [7, 11) is 0. The summed E-state index contributed by atoms with van der Waals surface area (Å²) in [5, 5.41) is 4.05. The minimum Gasteiger partial charge on any atom is -0.322 e. The molecule has 0 saturated heterocycles. The van der Waals surface area contributed by atoms with Crippen LogP contribution in [-0.2, 0) is 4.84 Å². The SMILES string of the molecule is CCON(N)/C=N\N. The smallest absolute Gasteiger partial charge is 0.153 e. The van der Waals surface area contributed by atoms with Crippen molar-refractivity contribution in [2.24, 2.45) is 16.8 Å². The van der Waals surface area contributed by atoms with Crippen LogP contribution < -0.4 is 11.7 Å². The van der Waals surface area contributed by atoms with Gasteiger partial charge in [0.2, 0.25) is 0 Å². The molecule has 5 nitrogen and oxygen atoms in total. The first-order chi connectivity index (χ1) is 3.81. The van der Waals surface area contributed by atoms with Crippen molar-refractivity contribution in [2.75, 3.05) is 6.61 Å². The largest absolute Gasteiger partial charge is 0.322 e. The molecule has 0 saturated carbocycles. The molecular formula is C3H10N4O. The molecule has 0 aliphatic carbocycles. The molecule has 0 bridgehead atoms. The highest BCUT2D eigenvalue weighted by atomic mass is 16.7. The van der Waals surface area contributed by atoms with Crippen molar-refractivity contribution in [1.82, 2.24) is 5.17 Å². The average molecular weight is 118 g/mol. The summed E-state index contributed by atoms with van der Waals surface area (Å²) in [6, 6.07) is 0. The van der Waals surface area contributed by atoms with Crippen LogP contribution in [0.15, 0.2) is 5.10 Å². The molecule has 8 heavy (non-hydrogen) atoms. The van der Waals surface area contributed by atoms with Crippen LogP contribution in [0.3, 0.4) is 0 Å². The van der Waals surface area contributed by atoms with Crippen LogP contribution in [0, 0.1) is 0 Å². The molecule has 0 aliphatic rings. The van der Waals surface area contributed by atoms with Gasteiger partial charge in [0, 0.05) is 0 Å². The van der Waals surface area contributed by atoms with Gasteiger partial charge in [-0.05, 0) is 6.92 Å². The van der Waals surface area contributed by atoms with Crippen LogP contribution in [0.25, 0.3) is 0 Å². The molecule has 0 heterocycles. The highest BCUT2D eigenvalue weighted by Crippen LogP contribution is 1.71. The molecular weight excluding hydrogens is 108 g/mol. The Hall–Kier alpha value is -0.810. The number of hydrogen-bond acceptors (Lipinski definition) is 4. The number of nitrogens with two attached hydrogens (primary N) is 2. The van der Waals surface area contributed by atoms with Gasteiger partial charge in [0.05, 0.1) is 6.61 Å². The van der Waals surface area contributed by atoms with Crippen LogP contribution in [0.1, 0.15) is 6.92 Å². The first kappa shape index (κ1) is 7.19. The van der Waals surface area contributed by atoms with Gasteiger partial charge in [0.15, 0.2) is 6.34 Å². The molecule has 0 aromatic rings. The summed E-state index contributed by atoms with van der Waals surface area (Å²) in [5.41, 5.74) is 0. The van der Waals surface area contributed by atoms with Gasteiger partial charge in [-0.1, -0.05) is 0 Å². The summed E-state index contributed by atoms with van der Waals surface area (Å²) in [6.45, 7) is 2.31. The van der Waals surface area contributed by atoms with Crippen LogP contribution >= 0.6 is 0 Å². The van der Waals surface area contributed by atoms with E-state index < -0.39 is 0 Å². The Morgan fingerprint density at radius 1 is 1.88 bits per heavy atom. The lowest BCUT2D eigenvalue weighted by Gasteiger charge is -2.07. The van der Waals surface area contributed by atoms with E-state index in [9.17, 15) is 0 Å². The zero-order valence-electron chi connectivity index (χ0n) is 4.74. The number of rotatable bonds is 3. The van der Waals surface area contributed by atoms with Gasteiger partial charge in [-0.3, -0.25) is 4.84 Å². The molecule has 0 aromatic carbocycles. The van der Waals surface area contributed by atoms with Crippen molar-refractivity contribution in [2.45, 2.75) is 6.92 Å². The lowest BCUT2D eigenvalue weighted by atomic mass is 10.9. The number of hydrazone groups is 1. The maximum atomic E-state index is 5.08. The summed E-state index contributed by atoms with van der Waals surface area (Å²) in [5.74, 6) is 9.80. The standard InChI is InChI=1S/C3H10N4O/c1-2-8-7(5)3-6-4/h3H,2,4-5H2,1H3/b6-3-. The molecule has 0 aromatic heterocycles. The second kappa shape index (κ2) is 4.35. The number of nitrogens with zero attached hydrogens (tertiary/aromatic N) is 2. The number of hydroxylamine groups is 1. The molecule has 0 fully saturated rings. The molecule has 48 valence electrons. The molecule has 5 heteroatoms. The van der Waals surface area contributed by atoms with Gasteiger partial charge in [-0.25, -0.2) is 5.84 Å². The molecule has 4 N–H and O–H groups in total. The molecule has 0 atom stereocenters. The summed E-state index contributed by atoms with van der Waals surface area (Å²) in [4.78, 5) is 4.66. The van der Waals surface area contributed by atoms with E-state index >= 15 is 0 Å². The predicted molar refractivity (Wildman–Crippen MR) is 30.3 cm³/mol. The normalized spacial score (nSPS) is 10.2. The lowest BCUT2D eigenvalue weighted by Crippen LogP contribution is -2.29. The minimum absolute atomic E-state index is 0.502. The summed E-state index contributed by atoms with van der Waals surface area (Å²) < 4.78 is 0. The highest BCUT2D eigenvalue weighted by molar-refractivity contribution is 5.51. The molecule has 0 unspecified atom stereocenters. The quantitative estimate of drug-likeness (QED) is 0.216. The number of hydrogen-bond donors (Lipinski definition) is 2. The van der Waals surface area contributed by atoms with Gasteiger partial charge in [0.1, 0.15) is 0 Å². The van der Waals surface area contributed by atoms with E-state index in [-0.39, 0.29) is 0 Å². The Kier molecular flexibility index (Phi) is 3.91. The van der Waals surface area contributed by atoms with E-state index in [0.29, 0.717) is 6.61 Å². The Bertz CT molecular complexity index is 73.7. The van der Waals surface area contributed by atoms with E-state index in [1.54, 1.807) is 0 Å². The van der Waals surface area contributed by atoms with Gasteiger partial charge < -0.3 is 5.84 Å². The van der Waals surface area contributed by atoms with E-state index in [1.165, 1.54) is 6.34 Å². The predicted octanol–water partition coefficient (Wildman–Crippen LogP) is -0.984. The zero-order chi connectivity index (χ0) is 6.41. The third kappa shape index (κ3) is 3.38. The Labute approximate surface area is 47.8 Å². The van der Waals surface area contributed by atoms with Gasteiger partial charge in [-0.15, -0.1) is 0 Å². The fourth-order valence-electron chi connectivity index (χ4n) is 0.248. The first-order valence-corrected chi connectivity index (χ1v) is 2.21. The molecule has 0 aliphatic heterocycles. The van der Waals surface area contributed by atoms with Crippen molar-refractivity contribution >= 4 is 6.34 Å². The van der Waals surface area contributed by atoms with E-state index in [4.69, 9.17) is 11.7 Å². The minimum atomic E-state index is 0.502. The van der Waals surface area contributed by atoms with Gasteiger partial charge in [0.25, 0.3) is 0 Å². The van der Waals surface area contributed by atoms with E-state index in [1.807, 2.05) is 6.92 Å². The first-order valence-electron chi connectivity index (χ1n) is 2.21. The zero-order valence-corrected chi connectivity index (χ0v) is 4.74. The highest BCUT2D eigenvalue weighted by Gasteiger charge is 1.84. The summed E-state index contributed by atoms with van der Waals surface area (Å²) >= 11 is 0. The third-order valence-corrected chi connectivity index (χ3v) is 0.459. The maximum absolute atomic E-state index is 5.08. The average Bonchev–Trinajstić information content (AvgIpc) is 1.68. The second-order valence-electron chi connectivity index (χ2n) is 1.04. The molecule has 0 spiro atoms. The Morgan fingerprint density at radius 2 is 2.50 bits per heavy atom. The van der Waals surface area contributed by atoms with Crippen molar-refractivity contribution < 1.29 is 4.84 Å². The second-order valence-corrected chi connectivity index (χ2v) is 1.04. The number of hydrazine groups is 1. The van der Waals surface area contributed by atoms with Crippen molar-refractivity contribution in [3.63, 3.8) is 0 Å². The molecule has 0 rings (SSSR count). The molecule has 0 radical (unpaired) electrons. The van der Waals surface area contributed by atoms with Crippen molar-refractivity contribution in [3.05, 3.63) is 0 Å². The fourth-order valence-corrected chi connectivity index (χ4v) is 0.248. The van der Waals surface area contributed by atoms with Gasteiger partial charge in [-0.2, -0.15) is 10.3 Å². The molecule has 0 amide bonds. The fraction of sp³-hybridized carbons (Fsp3) is 0.667. The van der Waals surface area contributed by atoms with Crippen molar-refractivity contribution in [1.29, 1.82) is 0 Å².